The molecule has 0 aliphatic rings. The Labute approximate surface area is 177 Å². The average molecular weight is 411 g/mol. The van der Waals surface area contributed by atoms with Crippen LogP contribution in [0.15, 0.2) is 71.3 Å². The minimum atomic E-state index is 0.558. The summed E-state index contributed by atoms with van der Waals surface area (Å²) < 4.78 is 16.8. The highest BCUT2D eigenvalue weighted by molar-refractivity contribution is 7.80. The zero-order valence-electron chi connectivity index (χ0n) is 16.8. The normalized spacial score (nSPS) is 10.4. The van der Waals surface area contributed by atoms with Crippen LogP contribution in [0.25, 0.3) is 0 Å². The van der Waals surface area contributed by atoms with Crippen LogP contribution in [0, 0.1) is 0 Å². The van der Waals surface area contributed by atoms with E-state index in [-0.39, 0.29) is 0 Å². The number of ether oxygens (including phenoxy) is 2. The molecule has 1 aromatic heterocycles. The van der Waals surface area contributed by atoms with Gasteiger partial charge in [-0.25, -0.2) is 0 Å². The van der Waals surface area contributed by atoms with E-state index < -0.39 is 0 Å². The van der Waals surface area contributed by atoms with Gasteiger partial charge in [0.25, 0.3) is 0 Å². The van der Waals surface area contributed by atoms with Crippen LogP contribution in [0.2, 0.25) is 0 Å². The molecule has 2 aromatic carbocycles. The number of hydrogen-bond acceptors (Lipinski definition) is 4. The van der Waals surface area contributed by atoms with Crippen molar-refractivity contribution in [1.29, 1.82) is 0 Å². The van der Waals surface area contributed by atoms with E-state index in [1.54, 1.807) is 6.26 Å². The topological polar surface area (TPSA) is 46.9 Å². The number of furan rings is 1. The fourth-order valence-electron chi connectivity index (χ4n) is 2.91. The second-order valence-electron chi connectivity index (χ2n) is 6.37. The van der Waals surface area contributed by atoms with Crippen molar-refractivity contribution >= 4 is 23.0 Å². The van der Waals surface area contributed by atoms with Crippen molar-refractivity contribution < 1.29 is 13.9 Å². The van der Waals surface area contributed by atoms with Gasteiger partial charge in [0, 0.05) is 6.54 Å². The number of nitrogens with one attached hydrogen (secondary N) is 1. The van der Waals surface area contributed by atoms with Crippen molar-refractivity contribution in [2.24, 2.45) is 0 Å². The molecule has 3 aromatic rings. The zero-order chi connectivity index (χ0) is 20.5. The SMILES string of the molecule is CCOc1ccc(CN(Cc2ccco2)C(=S)Nc2ccccc2OCC)cc1. The van der Waals surface area contributed by atoms with Gasteiger partial charge in [-0.2, -0.15) is 0 Å². The smallest absolute Gasteiger partial charge is 0.174 e. The van der Waals surface area contributed by atoms with Crippen LogP contribution >= 0.6 is 12.2 Å². The molecule has 6 heteroatoms. The molecular weight excluding hydrogens is 384 g/mol. The number of benzene rings is 2. The van der Waals surface area contributed by atoms with Crippen molar-refractivity contribution in [1.82, 2.24) is 4.90 Å². The van der Waals surface area contributed by atoms with E-state index in [2.05, 4.69) is 22.3 Å². The molecule has 0 atom stereocenters. The van der Waals surface area contributed by atoms with E-state index in [9.17, 15) is 0 Å². The predicted octanol–water partition coefficient (Wildman–Crippen LogP) is 5.48. The standard InChI is InChI=1S/C23H26N2O3S/c1-3-26-19-13-11-18(12-14-19)16-25(17-20-8-7-15-28-20)23(29)24-21-9-5-6-10-22(21)27-4-2/h5-15H,3-4,16-17H2,1-2H3,(H,24,29). The quantitative estimate of drug-likeness (QED) is 0.472. The summed E-state index contributed by atoms with van der Waals surface area (Å²) in [5.41, 5.74) is 1.97. The molecule has 152 valence electrons. The van der Waals surface area contributed by atoms with Gasteiger partial charge < -0.3 is 24.1 Å². The minimum Gasteiger partial charge on any atom is -0.494 e. The van der Waals surface area contributed by atoms with Gasteiger partial charge in [-0.15, -0.1) is 0 Å². The second-order valence-corrected chi connectivity index (χ2v) is 6.76. The Morgan fingerprint density at radius 3 is 2.38 bits per heavy atom. The van der Waals surface area contributed by atoms with Crippen LogP contribution in [0.5, 0.6) is 11.5 Å². The first-order valence-corrected chi connectivity index (χ1v) is 10.1. The summed E-state index contributed by atoms with van der Waals surface area (Å²) in [4.78, 5) is 2.06. The average Bonchev–Trinajstić information content (AvgIpc) is 3.24. The first-order valence-electron chi connectivity index (χ1n) is 9.71. The van der Waals surface area contributed by atoms with Crippen LogP contribution in [0.1, 0.15) is 25.2 Å². The van der Waals surface area contributed by atoms with Crippen molar-refractivity contribution in [3.05, 3.63) is 78.3 Å². The molecule has 0 bridgehead atoms. The second kappa shape index (κ2) is 10.5. The maximum atomic E-state index is 5.73. The Kier molecular flexibility index (Phi) is 7.53. The zero-order valence-corrected chi connectivity index (χ0v) is 17.6. The maximum absolute atomic E-state index is 5.73. The molecule has 29 heavy (non-hydrogen) atoms. The summed E-state index contributed by atoms with van der Waals surface area (Å²) in [5, 5.41) is 3.93. The third-order valence-electron chi connectivity index (χ3n) is 4.25. The molecule has 0 saturated heterocycles. The van der Waals surface area contributed by atoms with Crippen molar-refractivity contribution in [2.45, 2.75) is 26.9 Å². The predicted molar refractivity (Wildman–Crippen MR) is 119 cm³/mol. The molecule has 0 fully saturated rings. The van der Waals surface area contributed by atoms with E-state index in [0.717, 1.165) is 28.5 Å². The Hall–Kier alpha value is -2.99. The Bertz CT molecular complexity index is 895. The molecule has 0 aliphatic heterocycles. The third kappa shape index (κ3) is 5.99. The molecule has 1 N–H and O–H groups in total. The number of para-hydroxylation sites is 2. The van der Waals surface area contributed by atoms with Gasteiger partial charge in [-0.3, -0.25) is 0 Å². The van der Waals surface area contributed by atoms with Crippen LogP contribution in [-0.4, -0.2) is 23.2 Å². The van der Waals surface area contributed by atoms with Crippen LogP contribution < -0.4 is 14.8 Å². The highest BCUT2D eigenvalue weighted by Crippen LogP contribution is 2.25. The fraction of sp³-hybridized carbons (Fsp3) is 0.261. The number of hydrogen-bond donors (Lipinski definition) is 1. The van der Waals surface area contributed by atoms with E-state index in [0.29, 0.717) is 31.4 Å². The van der Waals surface area contributed by atoms with Gasteiger partial charge in [0.05, 0.1) is 31.7 Å². The van der Waals surface area contributed by atoms with Crippen LogP contribution in [-0.2, 0) is 13.1 Å². The van der Waals surface area contributed by atoms with E-state index in [4.69, 9.17) is 26.1 Å². The molecule has 0 saturated carbocycles. The van der Waals surface area contributed by atoms with E-state index >= 15 is 0 Å². The molecule has 0 unspecified atom stereocenters. The minimum absolute atomic E-state index is 0.558. The largest absolute Gasteiger partial charge is 0.494 e. The van der Waals surface area contributed by atoms with Gasteiger partial charge in [-0.05, 0) is 68.0 Å². The van der Waals surface area contributed by atoms with Crippen molar-refractivity contribution in [3.8, 4) is 11.5 Å². The van der Waals surface area contributed by atoms with Gasteiger partial charge >= 0.3 is 0 Å². The lowest BCUT2D eigenvalue weighted by molar-refractivity contribution is 0.338. The number of rotatable bonds is 9. The van der Waals surface area contributed by atoms with Crippen LogP contribution in [0.3, 0.4) is 0 Å². The Balaban J connectivity index is 1.76. The van der Waals surface area contributed by atoms with E-state index in [1.165, 1.54) is 0 Å². The van der Waals surface area contributed by atoms with E-state index in [1.807, 2.05) is 62.4 Å². The highest BCUT2D eigenvalue weighted by Gasteiger charge is 2.15. The summed E-state index contributed by atoms with van der Waals surface area (Å²) in [6, 6.07) is 19.7. The van der Waals surface area contributed by atoms with Gasteiger partial charge in [0.1, 0.15) is 17.3 Å². The lowest BCUT2D eigenvalue weighted by atomic mass is 10.2. The lowest BCUT2D eigenvalue weighted by Gasteiger charge is -2.26. The molecule has 0 aliphatic carbocycles. The highest BCUT2D eigenvalue weighted by atomic mass is 32.1. The van der Waals surface area contributed by atoms with Crippen LogP contribution in [0.4, 0.5) is 5.69 Å². The summed E-state index contributed by atoms with van der Waals surface area (Å²) in [5.74, 6) is 2.48. The molecule has 5 nitrogen and oxygen atoms in total. The lowest BCUT2D eigenvalue weighted by Crippen LogP contribution is -2.33. The maximum Gasteiger partial charge on any atom is 0.174 e. The summed E-state index contributed by atoms with van der Waals surface area (Å²) in [7, 11) is 0. The first-order chi connectivity index (χ1) is 14.2. The summed E-state index contributed by atoms with van der Waals surface area (Å²) >= 11 is 5.73. The van der Waals surface area contributed by atoms with Gasteiger partial charge in [-0.1, -0.05) is 24.3 Å². The van der Waals surface area contributed by atoms with Gasteiger partial charge in [0.2, 0.25) is 0 Å². The van der Waals surface area contributed by atoms with Gasteiger partial charge in [0.15, 0.2) is 5.11 Å². The molecule has 0 spiro atoms. The van der Waals surface area contributed by atoms with Crippen molar-refractivity contribution in [3.63, 3.8) is 0 Å². The van der Waals surface area contributed by atoms with Crippen molar-refractivity contribution in [2.75, 3.05) is 18.5 Å². The Morgan fingerprint density at radius 2 is 1.69 bits per heavy atom. The molecular formula is C23H26N2O3S. The molecule has 3 rings (SSSR count). The fourth-order valence-corrected chi connectivity index (χ4v) is 3.15. The number of anilines is 1. The molecule has 0 radical (unpaired) electrons. The summed E-state index contributed by atoms with van der Waals surface area (Å²) in [6.45, 7) is 6.37. The first kappa shape index (κ1) is 20.7. The third-order valence-corrected chi connectivity index (χ3v) is 4.61. The summed E-state index contributed by atoms with van der Waals surface area (Å²) in [6.07, 6.45) is 1.67. The molecule has 1 heterocycles. The Morgan fingerprint density at radius 1 is 0.931 bits per heavy atom. The molecule has 0 amide bonds. The number of nitrogens with zero attached hydrogens (tertiary/aromatic N) is 1. The monoisotopic (exact) mass is 410 g/mol. The number of thiocarbonyl (C=S) groups is 1.